The normalized spacial score (nSPS) is 12.0. The van der Waals surface area contributed by atoms with Crippen molar-refractivity contribution >= 4 is 11.8 Å². The van der Waals surface area contributed by atoms with Crippen LogP contribution in [0.1, 0.15) is 27.2 Å². The predicted octanol–water partition coefficient (Wildman–Crippen LogP) is 2.59. The first-order valence-electron chi connectivity index (χ1n) is 3.72. The van der Waals surface area contributed by atoms with E-state index in [-0.39, 0.29) is 6.61 Å². The second-order valence-electron chi connectivity index (χ2n) is 3.67. The molecule has 0 bridgehead atoms. The molecule has 0 atom stereocenters. The van der Waals surface area contributed by atoms with Gasteiger partial charge in [-0.2, -0.15) is 11.8 Å². The summed E-state index contributed by atoms with van der Waals surface area (Å²) in [5.74, 6) is 2.19. The lowest BCUT2D eigenvalue weighted by molar-refractivity contribution is 0.194. The Labute approximate surface area is 68.2 Å². The number of rotatable bonds is 4. The summed E-state index contributed by atoms with van der Waals surface area (Å²) in [6.45, 7) is 6.74. The third-order valence-corrected chi connectivity index (χ3v) is 2.62. The van der Waals surface area contributed by atoms with Crippen LogP contribution in [0.3, 0.4) is 0 Å². The van der Waals surface area contributed by atoms with Crippen LogP contribution in [0.5, 0.6) is 0 Å². The molecule has 0 aliphatic heterocycles. The van der Waals surface area contributed by atoms with Gasteiger partial charge in [-0.15, -0.1) is 0 Å². The van der Waals surface area contributed by atoms with Crippen LogP contribution < -0.4 is 0 Å². The van der Waals surface area contributed by atoms with E-state index in [0.29, 0.717) is 5.41 Å². The molecule has 0 saturated carbocycles. The van der Waals surface area contributed by atoms with E-state index >= 15 is 0 Å². The molecule has 0 fully saturated rings. The van der Waals surface area contributed by atoms with E-state index < -0.39 is 0 Å². The lowest BCUT2D eigenvalue weighted by atomic mass is 10.0. The molecule has 0 N–H and O–H groups in total. The van der Waals surface area contributed by atoms with Gasteiger partial charge in [0.05, 0.1) is 6.61 Å². The van der Waals surface area contributed by atoms with Gasteiger partial charge in [-0.05, 0) is 23.3 Å². The maximum Gasteiger partial charge on any atom is 0.0830 e. The Bertz CT molecular complexity index is 75.8. The van der Waals surface area contributed by atoms with E-state index in [0.717, 1.165) is 17.9 Å². The molecule has 1 nitrogen and oxygen atoms in total. The summed E-state index contributed by atoms with van der Waals surface area (Å²) in [5.41, 5.74) is 0.410. The van der Waals surface area contributed by atoms with Gasteiger partial charge in [0, 0.05) is 0 Å². The van der Waals surface area contributed by atoms with Crippen LogP contribution in [0.2, 0.25) is 0 Å². The average Bonchev–Trinajstić information content (AvgIpc) is 1.78. The van der Waals surface area contributed by atoms with Crippen LogP contribution in [0.4, 0.5) is 0 Å². The van der Waals surface area contributed by atoms with Gasteiger partial charge in [0.15, 0.2) is 0 Å². The van der Waals surface area contributed by atoms with Crippen LogP contribution in [-0.2, 0) is 5.11 Å². The lowest BCUT2D eigenvalue weighted by Crippen LogP contribution is -2.08. The summed E-state index contributed by atoms with van der Waals surface area (Å²) < 4.78 is 0. The minimum atomic E-state index is 0.0805. The molecule has 0 heterocycles. The minimum Gasteiger partial charge on any atom is -0.237 e. The second kappa shape index (κ2) is 5.03. The Morgan fingerprint density at radius 3 is 2.30 bits per heavy atom. The zero-order valence-corrected chi connectivity index (χ0v) is 7.96. The summed E-state index contributed by atoms with van der Waals surface area (Å²) in [5, 5.41) is 10.0. The summed E-state index contributed by atoms with van der Waals surface area (Å²) in [4.78, 5) is 0. The summed E-state index contributed by atoms with van der Waals surface area (Å²) in [6.07, 6.45) is 0.820. The first kappa shape index (κ1) is 10.3. The van der Waals surface area contributed by atoms with Gasteiger partial charge in [0.2, 0.25) is 0 Å². The molecule has 1 radical (unpaired) electrons. The maximum atomic E-state index is 10.0. The molecule has 61 valence electrons. The SMILES string of the molecule is CC(C)(C)CSCCC[O]. The van der Waals surface area contributed by atoms with E-state index in [9.17, 15) is 5.11 Å². The quantitative estimate of drug-likeness (QED) is 0.580. The van der Waals surface area contributed by atoms with E-state index in [1.54, 1.807) is 0 Å². The Hall–Kier alpha value is 0.310. The van der Waals surface area contributed by atoms with Crippen LogP contribution in [-0.4, -0.2) is 18.1 Å². The first-order valence-corrected chi connectivity index (χ1v) is 4.87. The monoisotopic (exact) mass is 161 g/mol. The van der Waals surface area contributed by atoms with Crippen molar-refractivity contribution < 1.29 is 5.11 Å². The van der Waals surface area contributed by atoms with Gasteiger partial charge in [0.1, 0.15) is 0 Å². The Balaban J connectivity index is 3.04. The van der Waals surface area contributed by atoms with Crippen molar-refractivity contribution in [2.75, 3.05) is 18.1 Å². The van der Waals surface area contributed by atoms with Gasteiger partial charge in [-0.3, -0.25) is 0 Å². The van der Waals surface area contributed by atoms with E-state index in [1.165, 1.54) is 0 Å². The molecule has 10 heavy (non-hydrogen) atoms. The Morgan fingerprint density at radius 1 is 1.30 bits per heavy atom. The zero-order valence-electron chi connectivity index (χ0n) is 7.14. The highest BCUT2D eigenvalue weighted by Crippen LogP contribution is 2.20. The lowest BCUT2D eigenvalue weighted by Gasteiger charge is -2.16. The van der Waals surface area contributed by atoms with Crippen molar-refractivity contribution in [3.05, 3.63) is 0 Å². The third-order valence-electron chi connectivity index (χ3n) is 0.968. The standard InChI is InChI=1S/C8H17OS/c1-8(2,3)7-10-6-4-5-9/h4-7H2,1-3H3. The third kappa shape index (κ3) is 8.31. The smallest absolute Gasteiger partial charge is 0.0830 e. The fraction of sp³-hybridized carbons (Fsp3) is 1.00. The van der Waals surface area contributed by atoms with Crippen LogP contribution >= 0.6 is 11.8 Å². The molecule has 0 unspecified atom stereocenters. The summed E-state index contributed by atoms with van der Waals surface area (Å²) in [7, 11) is 0. The average molecular weight is 161 g/mol. The van der Waals surface area contributed by atoms with Crippen LogP contribution in [0.15, 0.2) is 0 Å². The molecule has 0 aliphatic carbocycles. The van der Waals surface area contributed by atoms with E-state index in [2.05, 4.69) is 20.8 Å². The molecule has 0 aromatic heterocycles. The van der Waals surface area contributed by atoms with E-state index in [4.69, 9.17) is 0 Å². The summed E-state index contributed by atoms with van der Waals surface area (Å²) in [6, 6.07) is 0. The highest BCUT2D eigenvalue weighted by atomic mass is 32.2. The second-order valence-corrected chi connectivity index (χ2v) is 4.78. The van der Waals surface area contributed by atoms with E-state index in [1.807, 2.05) is 11.8 Å². The molecule has 0 aromatic rings. The largest absolute Gasteiger partial charge is 0.237 e. The number of hydrogen-bond acceptors (Lipinski definition) is 1. The highest BCUT2D eigenvalue weighted by Gasteiger charge is 2.08. The highest BCUT2D eigenvalue weighted by molar-refractivity contribution is 7.99. The van der Waals surface area contributed by atoms with Crippen molar-refractivity contribution in [1.82, 2.24) is 0 Å². The summed E-state index contributed by atoms with van der Waals surface area (Å²) >= 11 is 1.88. The van der Waals surface area contributed by atoms with Crippen molar-refractivity contribution in [2.45, 2.75) is 27.2 Å². The van der Waals surface area contributed by atoms with Gasteiger partial charge < -0.3 is 0 Å². The molecular formula is C8H17OS. The molecule has 0 amide bonds. The zero-order chi connectivity index (χ0) is 8.04. The van der Waals surface area contributed by atoms with Gasteiger partial charge in [0.25, 0.3) is 0 Å². The minimum absolute atomic E-state index is 0.0805. The van der Waals surface area contributed by atoms with Crippen LogP contribution in [0, 0.1) is 5.41 Å². The maximum absolute atomic E-state index is 10.0. The topological polar surface area (TPSA) is 19.9 Å². The molecule has 0 spiro atoms. The molecule has 0 rings (SSSR count). The first-order chi connectivity index (χ1) is 4.56. The Morgan fingerprint density at radius 2 is 1.90 bits per heavy atom. The van der Waals surface area contributed by atoms with Gasteiger partial charge in [-0.1, -0.05) is 20.8 Å². The predicted molar refractivity (Wildman–Crippen MR) is 47.0 cm³/mol. The van der Waals surface area contributed by atoms with Gasteiger partial charge >= 0.3 is 0 Å². The number of hydrogen-bond donors (Lipinski definition) is 0. The molecule has 0 saturated heterocycles. The fourth-order valence-electron chi connectivity index (χ4n) is 0.539. The number of thioether (sulfide) groups is 1. The molecular weight excluding hydrogens is 144 g/mol. The molecule has 0 aliphatic rings. The van der Waals surface area contributed by atoms with Crippen molar-refractivity contribution in [3.8, 4) is 0 Å². The fourth-order valence-corrected chi connectivity index (χ4v) is 1.62. The van der Waals surface area contributed by atoms with Crippen molar-refractivity contribution in [2.24, 2.45) is 5.41 Å². The van der Waals surface area contributed by atoms with Crippen molar-refractivity contribution in [1.29, 1.82) is 0 Å². The molecule has 0 aromatic carbocycles. The molecule has 2 heteroatoms. The van der Waals surface area contributed by atoms with Crippen molar-refractivity contribution in [3.63, 3.8) is 0 Å². The van der Waals surface area contributed by atoms with Crippen LogP contribution in [0.25, 0.3) is 0 Å². The Kier molecular flexibility index (Phi) is 5.18. The van der Waals surface area contributed by atoms with Gasteiger partial charge in [-0.25, -0.2) is 5.11 Å².